The molecule has 0 aliphatic heterocycles. The number of nitrogen functional groups attached to an aromatic ring is 1. The van der Waals surface area contributed by atoms with E-state index < -0.39 is 6.10 Å². The molecule has 132 valence electrons. The van der Waals surface area contributed by atoms with Crippen LogP contribution in [0.3, 0.4) is 0 Å². The number of phenols is 1. The average Bonchev–Trinajstić information content (AvgIpc) is 2.62. The van der Waals surface area contributed by atoms with Crippen LogP contribution in [0.25, 0.3) is 0 Å². The molecule has 5 N–H and O–H groups in total. The van der Waals surface area contributed by atoms with Crippen LogP contribution in [0.15, 0.2) is 42.5 Å². The van der Waals surface area contributed by atoms with Gasteiger partial charge in [0.15, 0.2) is 6.10 Å². The summed E-state index contributed by atoms with van der Waals surface area (Å²) in [5, 5.41) is 20.2. The largest absolute Gasteiger partial charge is 0.507 e. The van der Waals surface area contributed by atoms with Crippen LogP contribution in [0.5, 0.6) is 11.5 Å². The number of nitrogens with two attached hydrogens (primary N) is 1. The normalized spacial score (nSPS) is 11.6. The summed E-state index contributed by atoms with van der Waals surface area (Å²) in [6, 6.07) is 11.7. The predicted molar refractivity (Wildman–Crippen MR) is 93.7 cm³/mol. The highest BCUT2D eigenvalue weighted by atomic mass is 16.5. The molecule has 2 aromatic carbocycles. The molecule has 0 bridgehead atoms. The number of methoxy groups -OCH3 is 2. The maximum Gasteiger partial charge on any atom is 0.254 e. The molecule has 2 aromatic rings. The number of benzene rings is 2. The summed E-state index contributed by atoms with van der Waals surface area (Å²) >= 11 is 0. The molecule has 0 aliphatic rings. The number of hydrogen-bond donors (Lipinski definition) is 4. The minimum Gasteiger partial charge on any atom is -0.507 e. The molecule has 0 saturated heterocycles. The fourth-order valence-electron chi connectivity index (χ4n) is 2.33. The number of amides is 1. The monoisotopic (exact) mass is 343 g/mol. The van der Waals surface area contributed by atoms with Crippen LogP contribution in [-0.4, -0.2) is 31.1 Å². The van der Waals surface area contributed by atoms with Crippen LogP contribution in [0.2, 0.25) is 0 Å². The Morgan fingerprint density at radius 2 is 1.92 bits per heavy atom. The number of carbonyl (C=O) groups excluding carboxylic acids is 1. The summed E-state index contributed by atoms with van der Waals surface area (Å²) in [4.78, 5) is 12.4. The van der Waals surface area contributed by atoms with Gasteiger partial charge in [-0.05, 0) is 17.7 Å². The van der Waals surface area contributed by atoms with Gasteiger partial charge in [-0.3, -0.25) is 10.2 Å². The molecular formula is C18H21N3O4. The fourth-order valence-corrected chi connectivity index (χ4v) is 2.33. The number of aromatic hydroxyl groups is 1. The van der Waals surface area contributed by atoms with Gasteiger partial charge in [0.2, 0.25) is 0 Å². The molecular weight excluding hydrogens is 322 g/mol. The highest BCUT2D eigenvalue weighted by Gasteiger charge is 2.23. The van der Waals surface area contributed by atoms with Crippen molar-refractivity contribution in [1.29, 1.82) is 5.41 Å². The van der Waals surface area contributed by atoms with Gasteiger partial charge in [0.1, 0.15) is 17.3 Å². The van der Waals surface area contributed by atoms with Crippen molar-refractivity contribution in [1.82, 2.24) is 5.32 Å². The Kier molecular flexibility index (Phi) is 5.97. The molecule has 1 atom stereocenters. The van der Waals surface area contributed by atoms with Crippen molar-refractivity contribution in [2.45, 2.75) is 12.6 Å². The highest BCUT2D eigenvalue weighted by Crippen LogP contribution is 2.30. The molecule has 1 amide bonds. The number of carbonyl (C=O) groups is 1. The van der Waals surface area contributed by atoms with Crippen molar-refractivity contribution < 1.29 is 19.4 Å². The third-order valence-electron chi connectivity index (χ3n) is 3.73. The van der Waals surface area contributed by atoms with Crippen LogP contribution in [-0.2, 0) is 16.1 Å². The summed E-state index contributed by atoms with van der Waals surface area (Å²) in [6.07, 6.45) is -0.942. The zero-order chi connectivity index (χ0) is 18.4. The van der Waals surface area contributed by atoms with Gasteiger partial charge in [-0.1, -0.05) is 24.3 Å². The van der Waals surface area contributed by atoms with Gasteiger partial charge in [-0.25, -0.2) is 0 Å². The summed E-state index contributed by atoms with van der Waals surface area (Å²) < 4.78 is 10.3. The first-order chi connectivity index (χ1) is 12.0. The summed E-state index contributed by atoms with van der Waals surface area (Å²) in [5.41, 5.74) is 7.23. The van der Waals surface area contributed by atoms with Crippen molar-refractivity contribution in [2.75, 3.05) is 14.2 Å². The van der Waals surface area contributed by atoms with Crippen molar-refractivity contribution in [3.05, 3.63) is 59.2 Å². The molecule has 0 spiro atoms. The lowest BCUT2D eigenvalue weighted by molar-refractivity contribution is -0.131. The van der Waals surface area contributed by atoms with Gasteiger partial charge in [0.25, 0.3) is 5.91 Å². The Morgan fingerprint density at radius 3 is 2.44 bits per heavy atom. The SMILES string of the molecule is COc1ccc(C(OC)C(=O)NCc2ccc(C(=N)N)cc2)c(O)c1. The Balaban J connectivity index is 2.06. The van der Waals surface area contributed by atoms with Crippen molar-refractivity contribution >= 4 is 11.7 Å². The lowest BCUT2D eigenvalue weighted by Gasteiger charge is -2.17. The van der Waals surface area contributed by atoms with E-state index in [-0.39, 0.29) is 24.0 Å². The van der Waals surface area contributed by atoms with E-state index in [0.717, 1.165) is 5.56 Å². The fraction of sp³-hybridized carbons (Fsp3) is 0.222. The number of nitrogens with one attached hydrogen (secondary N) is 2. The van der Waals surface area contributed by atoms with Crippen molar-refractivity contribution in [2.24, 2.45) is 5.73 Å². The zero-order valence-electron chi connectivity index (χ0n) is 14.1. The van der Waals surface area contributed by atoms with Crippen LogP contribution < -0.4 is 15.8 Å². The molecule has 0 saturated carbocycles. The van der Waals surface area contributed by atoms with Crippen LogP contribution in [0, 0.1) is 5.41 Å². The van der Waals surface area contributed by atoms with E-state index in [0.29, 0.717) is 16.9 Å². The molecule has 7 heteroatoms. The smallest absolute Gasteiger partial charge is 0.254 e. The van der Waals surface area contributed by atoms with E-state index in [4.69, 9.17) is 20.6 Å². The van der Waals surface area contributed by atoms with Gasteiger partial charge < -0.3 is 25.6 Å². The Labute approximate surface area is 145 Å². The third kappa shape index (κ3) is 4.48. The minimum absolute atomic E-state index is 0.00925. The van der Waals surface area contributed by atoms with Gasteiger partial charge >= 0.3 is 0 Å². The summed E-state index contributed by atoms with van der Waals surface area (Å²) in [6.45, 7) is 0.286. The topological polar surface area (TPSA) is 118 Å². The quantitative estimate of drug-likeness (QED) is 0.451. The Morgan fingerprint density at radius 1 is 1.24 bits per heavy atom. The first-order valence-electron chi connectivity index (χ1n) is 7.57. The Bertz CT molecular complexity index is 759. The van der Waals surface area contributed by atoms with Gasteiger partial charge in [0, 0.05) is 30.8 Å². The van der Waals surface area contributed by atoms with Crippen LogP contribution in [0.4, 0.5) is 0 Å². The second-order valence-corrected chi connectivity index (χ2v) is 5.37. The van der Waals surface area contributed by atoms with Crippen LogP contribution >= 0.6 is 0 Å². The van der Waals surface area contributed by atoms with Gasteiger partial charge in [-0.2, -0.15) is 0 Å². The van der Waals surface area contributed by atoms with Crippen LogP contribution in [0.1, 0.15) is 22.8 Å². The van der Waals surface area contributed by atoms with E-state index in [1.807, 2.05) is 0 Å². The van der Waals surface area contributed by atoms with Crippen molar-refractivity contribution in [3.8, 4) is 11.5 Å². The summed E-state index contributed by atoms with van der Waals surface area (Å²) in [7, 11) is 2.89. The lowest BCUT2D eigenvalue weighted by Crippen LogP contribution is -2.30. The number of amidine groups is 1. The predicted octanol–water partition coefficient (Wildman–Crippen LogP) is 1.69. The number of ether oxygens (including phenoxy) is 2. The number of rotatable bonds is 7. The average molecular weight is 343 g/mol. The van der Waals surface area contributed by atoms with E-state index in [1.54, 1.807) is 36.4 Å². The molecule has 1 unspecified atom stereocenters. The second-order valence-electron chi connectivity index (χ2n) is 5.37. The van der Waals surface area contributed by atoms with E-state index >= 15 is 0 Å². The molecule has 0 aliphatic carbocycles. The highest BCUT2D eigenvalue weighted by molar-refractivity contribution is 5.94. The Hall–Kier alpha value is -3.06. The minimum atomic E-state index is -0.942. The maximum atomic E-state index is 12.4. The summed E-state index contributed by atoms with van der Waals surface area (Å²) in [5.74, 6) is 0.0258. The van der Waals surface area contributed by atoms with E-state index in [9.17, 15) is 9.90 Å². The molecule has 0 radical (unpaired) electrons. The molecule has 0 fully saturated rings. The first-order valence-corrected chi connectivity index (χ1v) is 7.57. The molecule has 0 heterocycles. The maximum absolute atomic E-state index is 12.4. The first kappa shape index (κ1) is 18.3. The zero-order valence-corrected chi connectivity index (χ0v) is 14.1. The lowest BCUT2D eigenvalue weighted by atomic mass is 10.1. The standard InChI is InChI=1S/C18H21N3O4/c1-24-13-7-8-14(15(22)9-13)16(25-2)18(23)21-10-11-3-5-12(6-4-11)17(19)20/h3-9,16,22H,10H2,1-2H3,(H3,19,20)(H,21,23). The second kappa shape index (κ2) is 8.16. The van der Waals surface area contributed by atoms with Gasteiger partial charge in [0.05, 0.1) is 7.11 Å². The number of phenolic OH excluding ortho intramolecular Hbond substituents is 1. The molecule has 0 aromatic heterocycles. The van der Waals surface area contributed by atoms with Crippen molar-refractivity contribution in [3.63, 3.8) is 0 Å². The molecule has 2 rings (SSSR count). The number of hydrogen-bond acceptors (Lipinski definition) is 5. The van der Waals surface area contributed by atoms with E-state index in [2.05, 4.69) is 5.32 Å². The van der Waals surface area contributed by atoms with E-state index in [1.165, 1.54) is 20.3 Å². The van der Waals surface area contributed by atoms with Gasteiger partial charge in [-0.15, -0.1) is 0 Å². The molecule has 25 heavy (non-hydrogen) atoms. The third-order valence-corrected chi connectivity index (χ3v) is 3.73. The molecule has 7 nitrogen and oxygen atoms in total.